The molecule has 1 aromatic carbocycles. The number of H-pyrrole nitrogens is 1. The molecule has 120 valence electrons. The summed E-state index contributed by atoms with van der Waals surface area (Å²) in [6, 6.07) is 8.40. The van der Waals surface area contributed by atoms with Gasteiger partial charge in [0.1, 0.15) is 0 Å². The van der Waals surface area contributed by atoms with Crippen LogP contribution in [0.4, 0.5) is 0 Å². The molecule has 0 spiro atoms. The fourth-order valence-corrected chi connectivity index (χ4v) is 1.42. The Morgan fingerprint density at radius 3 is 1.81 bits per heavy atom. The number of aromatic nitrogens is 1. The Bertz CT molecular complexity index is 607. The Morgan fingerprint density at radius 1 is 0.952 bits per heavy atom. The third-order valence-electron chi connectivity index (χ3n) is 2.06. The van der Waals surface area contributed by atoms with Crippen LogP contribution >= 0.6 is 15.6 Å². The van der Waals surface area contributed by atoms with Gasteiger partial charge in [0.2, 0.25) is 0 Å². The van der Waals surface area contributed by atoms with Gasteiger partial charge < -0.3 is 34.3 Å². The van der Waals surface area contributed by atoms with Crippen molar-refractivity contribution < 1.29 is 38.5 Å². The summed E-state index contributed by atoms with van der Waals surface area (Å²) in [6.45, 7) is 2.18. The van der Waals surface area contributed by atoms with Crippen molar-refractivity contribution in [3.05, 3.63) is 36.0 Å². The predicted octanol–water partition coefficient (Wildman–Crippen LogP) is 0.873. The summed E-state index contributed by atoms with van der Waals surface area (Å²) in [5.41, 5.74) is 2.64. The largest absolute Gasteiger partial charge is 0.466 e. The molecule has 7 N–H and O–H groups in total. The molecule has 0 atom stereocenters. The molecular weight excluding hydrogens is 324 g/mol. The van der Waals surface area contributed by atoms with E-state index < -0.39 is 15.6 Å². The van der Waals surface area contributed by atoms with Gasteiger partial charge in [-0.05, 0) is 18.1 Å². The van der Waals surface area contributed by atoms with E-state index in [1.807, 2.05) is 0 Å². The zero-order valence-corrected chi connectivity index (χ0v) is 12.8. The molecule has 0 aliphatic rings. The fraction of sp³-hybridized carbons (Fsp3) is 0.200. The minimum atomic E-state index is -4.64. The summed E-state index contributed by atoms with van der Waals surface area (Å²) in [5.74, 6) is 0. The molecule has 0 unspecified atom stereocenters. The van der Waals surface area contributed by atoms with Crippen LogP contribution in [-0.2, 0) is 15.6 Å². The molecule has 11 heteroatoms. The van der Waals surface area contributed by atoms with Gasteiger partial charge in [-0.3, -0.25) is 0 Å². The van der Waals surface area contributed by atoms with E-state index in [9.17, 15) is 0 Å². The number of hydrogen-bond donors (Lipinski definition) is 7. The van der Waals surface area contributed by atoms with Crippen molar-refractivity contribution in [2.24, 2.45) is 0 Å². The molecule has 0 aliphatic heterocycles. The number of fused-ring (bicyclic) bond motifs is 1. The summed E-state index contributed by atoms with van der Waals surface area (Å²) < 4.78 is 17.8. The van der Waals surface area contributed by atoms with E-state index in [1.165, 1.54) is 16.5 Å². The van der Waals surface area contributed by atoms with Crippen molar-refractivity contribution >= 4 is 26.5 Å². The number of rotatable bonds is 1. The van der Waals surface area contributed by atoms with Crippen LogP contribution in [0.1, 0.15) is 12.5 Å². The Kier molecular flexibility index (Phi) is 8.02. The second-order valence-corrected chi connectivity index (χ2v) is 5.79. The average Bonchev–Trinajstić information content (AvgIpc) is 2.67. The first-order valence-electron chi connectivity index (χ1n) is 5.53. The number of nitrogens with one attached hydrogen (secondary N) is 1. The first kappa shape index (κ1) is 20.0. The summed E-state index contributed by atoms with van der Waals surface area (Å²) in [7, 11) is -9.28. The Labute approximate surface area is 120 Å². The monoisotopic (exact) mass is 341 g/mol. The second-order valence-electron chi connectivity index (χ2n) is 3.74. The summed E-state index contributed by atoms with van der Waals surface area (Å²) in [5, 5.41) is 1.36. The Balaban J connectivity index is 0.000000340. The number of aryl methyl sites for hydroxylation is 1. The zero-order chi connectivity index (χ0) is 16.7. The van der Waals surface area contributed by atoms with Gasteiger partial charge in [0.15, 0.2) is 0 Å². The average molecular weight is 341 g/mol. The van der Waals surface area contributed by atoms with Crippen LogP contribution in [0.3, 0.4) is 0 Å². The first-order chi connectivity index (χ1) is 9.42. The van der Waals surface area contributed by atoms with Crippen molar-refractivity contribution in [2.45, 2.75) is 13.3 Å². The van der Waals surface area contributed by atoms with Gasteiger partial charge in [0.25, 0.3) is 0 Å². The highest BCUT2D eigenvalue weighted by Gasteiger charge is 2.00. The van der Waals surface area contributed by atoms with E-state index in [2.05, 4.69) is 42.4 Å². The van der Waals surface area contributed by atoms with Crippen molar-refractivity contribution in [3.8, 4) is 0 Å². The zero-order valence-electron chi connectivity index (χ0n) is 11.0. The molecule has 2 rings (SSSR count). The molecule has 0 bridgehead atoms. The lowest BCUT2D eigenvalue weighted by Crippen LogP contribution is -1.72. The van der Waals surface area contributed by atoms with Crippen LogP contribution in [0, 0.1) is 0 Å². The van der Waals surface area contributed by atoms with Crippen LogP contribution < -0.4 is 0 Å². The number of phosphoric acid groups is 2. The third kappa shape index (κ3) is 12.4. The highest BCUT2D eigenvalue weighted by Crippen LogP contribution is 2.26. The third-order valence-corrected chi connectivity index (χ3v) is 2.06. The van der Waals surface area contributed by atoms with E-state index in [4.69, 9.17) is 38.5 Å². The maximum atomic E-state index is 8.88. The number of aromatic amines is 1. The highest BCUT2D eigenvalue weighted by atomic mass is 31.2. The second kappa shape index (κ2) is 8.43. The van der Waals surface area contributed by atoms with Gasteiger partial charge in [0, 0.05) is 17.1 Å². The van der Waals surface area contributed by atoms with Crippen LogP contribution in [0.25, 0.3) is 10.9 Å². The Hall–Kier alpha value is -1.02. The smallest absolute Gasteiger partial charge is 0.361 e. The molecule has 0 saturated carbocycles. The van der Waals surface area contributed by atoms with E-state index in [-0.39, 0.29) is 0 Å². The molecule has 1 aromatic heterocycles. The van der Waals surface area contributed by atoms with E-state index in [0.29, 0.717) is 0 Å². The van der Waals surface area contributed by atoms with Crippen molar-refractivity contribution in [3.63, 3.8) is 0 Å². The quantitative estimate of drug-likeness (QED) is 0.374. The minimum absolute atomic E-state index is 1.10. The van der Waals surface area contributed by atoms with Gasteiger partial charge in [-0.25, -0.2) is 9.13 Å². The lowest BCUT2D eigenvalue weighted by Gasteiger charge is -1.90. The number of para-hydroxylation sites is 1. The molecule has 9 nitrogen and oxygen atoms in total. The lowest BCUT2D eigenvalue weighted by molar-refractivity contribution is 0.272. The van der Waals surface area contributed by atoms with Crippen LogP contribution in [-0.4, -0.2) is 34.3 Å². The molecule has 2 aromatic rings. The highest BCUT2D eigenvalue weighted by molar-refractivity contribution is 7.45. The fourth-order valence-electron chi connectivity index (χ4n) is 1.42. The van der Waals surface area contributed by atoms with Gasteiger partial charge in [-0.15, -0.1) is 0 Å². The topological polar surface area (TPSA) is 171 Å². The van der Waals surface area contributed by atoms with Crippen molar-refractivity contribution in [1.29, 1.82) is 0 Å². The van der Waals surface area contributed by atoms with Crippen molar-refractivity contribution in [2.75, 3.05) is 0 Å². The normalized spacial score (nSPS) is 11.2. The van der Waals surface area contributed by atoms with Gasteiger partial charge in [0.05, 0.1) is 0 Å². The Morgan fingerprint density at radius 2 is 1.38 bits per heavy atom. The summed E-state index contributed by atoms with van der Waals surface area (Å²) >= 11 is 0. The summed E-state index contributed by atoms with van der Waals surface area (Å²) in [6.07, 6.45) is 3.19. The van der Waals surface area contributed by atoms with Crippen LogP contribution in [0.2, 0.25) is 0 Å². The van der Waals surface area contributed by atoms with Gasteiger partial charge in [-0.1, -0.05) is 25.1 Å². The maximum absolute atomic E-state index is 8.88. The van der Waals surface area contributed by atoms with Crippen LogP contribution in [0.15, 0.2) is 30.5 Å². The molecule has 1 heterocycles. The van der Waals surface area contributed by atoms with Gasteiger partial charge >= 0.3 is 15.6 Å². The summed E-state index contributed by atoms with van der Waals surface area (Å²) in [4.78, 5) is 46.4. The first-order valence-corrected chi connectivity index (χ1v) is 8.66. The SMILES string of the molecule is CCc1c[nH]c2ccccc12.O=P(O)(O)O.O=P(O)(O)O. The maximum Gasteiger partial charge on any atom is 0.466 e. The number of hydrogen-bond acceptors (Lipinski definition) is 2. The predicted molar refractivity (Wildman–Crippen MR) is 76.2 cm³/mol. The lowest BCUT2D eigenvalue weighted by atomic mass is 10.1. The standard InChI is InChI=1S/C10H11N.2H3O4P/c1-2-8-7-11-10-6-4-3-5-9(8)10;2*1-5(2,3)4/h3-7,11H,2H2,1H3;2*(H3,1,2,3,4). The van der Waals surface area contributed by atoms with Crippen molar-refractivity contribution in [1.82, 2.24) is 4.98 Å². The number of benzene rings is 1. The molecule has 0 amide bonds. The molecule has 21 heavy (non-hydrogen) atoms. The molecule has 0 aliphatic carbocycles. The molecule has 0 radical (unpaired) electrons. The molecule has 0 saturated heterocycles. The van der Waals surface area contributed by atoms with E-state index in [1.54, 1.807) is 0 Å². The van der Waals surface area contributed by atoms with E-state index >= 15 is 0 Å². The van der Waals surface area contributed by atoms with Gasteiger partial charge in [-0.2, -0.15) is 0 Å². The van der Waals surface area contributed by atoms with Crippen LogP contribution in [0.5, 0.6) is 0 Å². The minimum Gasteiger partial charge on any atom is -0.361 e. The van der Waals surface area contributed by atoms with E-state index in [0.717, 1.165) is 6.42 Å². The molecule has 0 fully saturated rings. The molecular formula is C10H17NO8P2.